The van der Waals surface area contributed by atoms with Crippen LogP contribution in [0.25, 0.3) is 0 Å². The molecule has 1 atom stereocenters. The molecular weight excluding hydrogens is 356 g/mol. The van der Waals surface area contributed by atoms with Crippen LogP contribution in [-0.2, 0) is 11.0 Å². The molecule has 0 heterocycles. The molecule has 136 valence electrons. The highest BCUT2D eigenvalue weighted by atomic mass is 19.4. The van der Waals surface area contributed by atoms with Gasteiger partial charge in [-0.1, -0.05) is 0 Å². The van der Waals surface area contributed by atoms with Gasteiger partial charge in [-0.3, -0.25) is 4.79 Å². The Kier molecular flexibility index (Phi) is 5.79. The number of anilines is 1. The van der Waals surface area contributed by atoms with Crippen molar-refractivity contribution < 1.29 is 32.2 Å². The number of hydrogen-bond donors (Lipinski definition) is 2. The van der Waals surface area contributed by atoms with E-state index >= 15 is 0 Å². The highest BCUT2D eigenvalue weighted by molar-refractivity contribution is 5.94. The predicted molar refractivity (Wildman–Crippen MR) is 82.7 cm³/mol. The molecule has 2 rings (SSSR count). The maximum Gasteiger partial charge on any atom is 0.417 e. The van der Waals surface area contributed by atoms with Gasteiger partial charge in [0.15, 0.2) is 6.10 Å². The van der Waals surface area contributed by atoms with Gasteiger partial charge < -0.3 is 15.2 Å². The van der Waals surface area contributed by atoms with Crippen molar-refractivity contribution in [3.63, 3.8) is 0 Å². The van der Waals surface area contributed by atoms with E-state index in [0.29, 0.717) is 6.07 Å². The second-order valence-electron chi connectivity index (χ2n) is 5.14. The van der Waals surface area contributed by atoms with E-state index in [1.807, 2.05) is 0 Å². The van der Waals surface area contributed by atoms with Gasteiger partial charge in [0.1, 0.15) is 18.2 Å². The summed E-state index contributed by atoms with van der Waals surface area (Å²) in [4.78, 5) is 11.9. The lowest BCUT2D eigenvalue weighted by Crippen LogP contribution is -2.33. The molecule has 0 bridgehead atoms. The minimum atomic E-state index is -4.77. The van der Waals surface area contributed by atoms with E-state index in [9.17, 15) is 27.5 Å². The number of carbonyl (C=O) groups is 1. The highest BCUT2D eigenvalue weighted by Crippen LogP contribution is 2.33. The second-order valence-corrected chi connectivity index (χ2v) is 5.14. The van der Waals surface area contributed by atoms with E-state index in [0.717, 1.165) is 24.3 Å². The molecule has 2 aromatic carbocycles. The SMILES string of the molecule is N#Cc1ccc(NC(=O)[C@@H](O)COc2ccc(F)cc2)cc1C(F)(F)F. The van der Waals surface area contributed by atoms with Crippen molar-refractivity contribution in [3.05, 3.63) is 59.4 Å². The van der Waals surface area contributed by atoms with E-state index in [1.54, 1.807) is 0 Å². The van der Waals surface area contributed by atoms with Gasteiger partial charge in [0.2, 0.25) is 0 Å². The third-order valence-corrected chi connectivity index (χ3v) is 3.24. The maximum atomic E-state index is 12.9. The Bertz CT molecular complexity index is 829. The standard InChI is InChI=1S/C17H12F4N2O3/c18-11-2-5-13(6-3-11)26-9-15(24)16(25)23-12-4-1-10(8-22)14(7-12)17(19,20)21/h1-7,15,24H,9H2,(H,23,25)/t15-/m0/s1. The summed E-state index contributed by atoms with van der Waals surface area (Å²) in [6.07, 6.45) is -6.44. The fourth-order valence-corrected chi connectivity index (χ4v) is 1.96. The Balaban J connectivity index is 2.02. The number of aliphatic hydroxyl groups excluding tert-OH is 1. The largest absolute Gasteiger partial charge is 0.490 e. The molecule has 0 saturated heterocycles. The third kappa shape index (κ3) is 4.94. The minimum absolute atomic E-state index is 0.205. The number of amides is 1. The van der Waals surface area contributed by atoms with E-state index in [4.69, 9.17) is 10.00 Å². The van der Waals surface area contributed by atoms with Crippen molar-refractivity contribution in [1.82, 2.24) is 0 Å². The molecule has 0 radical (unpaired) electrons. The lowest BCUT2D eigenvalue weighted by Gasteiger charge is -2.14. The summed E-state index contributed by atoms with van der Waals surface area (Å²) in [5, 5.41) is 20.6. The van der Waals surface area contributed by atoms with Gasteiger partial charge in [-0.25, -0.2) is 4.39 Å². The molecule has 0 aromatic heterocycles. The smallest absolute Gasteiger partial charge is 0.417 e. The van der Waals surface area contributed by atoms with E-state index in [1.165, 1.54) is 18.2 Å². The van der Waals surface area contributed by atoms with Crippen molar-refractivity contribution in [2.75, 3.05) is 11.9 Å². The number of nitrogens with one attached hydrogen (secondary N) is 1. The first-order valence-electron chi connectivity index (χ1n) is 7.19. The number of nitrogens with zero attached hydrogens (tertiary/aromatic N) is 1. The van der Waals surface area contributed by atoms with Crippen molar-refractivity contribution in [1.29, 1.82) is 5.26 Å². The van der Waals surface area contributed by atoms with Crippen LogP contribution in [0.1, 0.15) is 11.1 Å². The second kappa shape index (κ2) is 7.84. The monoisotopic (exact) mass is 368 g/mol. The highest BCUT2D eigenvalue weighted by Gasteiger charge is 2.34. The van der Waals surface area contributed by atoms with Gasteiger partial charge in [0.25, 0.3) is 5.91 Å². The maximum absolute atomic E-state index is 12.9. The zero-order valence-corrected chi connectivity index (χ0v) is 13.0. The molecule has 0 unspecified atom stereocenters. The Morgan fingerprint density at radius 3 is 2.46 bits per heavy atom. The average Bonchev–Trinajstić information content (AvgIpc) is 2.60. The minimum Gasteiger partial charge on any atom is -0.490 e. The number of carbonyl (C=O) groups excluding carboxylic acids is 1. The normalized spacial score (nSPS) is 12.2. The Labute approximate surface area is 145 Å². The topological polar surface area (TPSA) is 82.4 Å². The van der Waals surface area contributed by atoms with Crippen molar-refractivity contribution in [3.8, 4) is 11.8 Å². The fraction of sp³-hybridized carbons (Fsp3) is 0.176. The number of hydrogen-bond acceptors (Lipinski definition) is 4. The van der Waals surface area contributed by atoms with Gasteiger partial charge in [-0.05, 0) is 42.5 Å². The van der Waals surface area contributed by atoms with Gasteiger partial charge in [0, 0.05) is 5.69 Å². The number of halogens is 4. The summed E-state index contributed by atoms with van der Waals surface area (Å²) in [7, 11) is 0. The van der Waals surface area contributed by atoms with Crippen molar-refractivity contribution in [2.24, 2.45) is 0 Å². The molecule has 0 aliphatic carbocycles. The van der Waals surface area contributed by atoms with Crippen molar-refractivity contribution in [2.45, 2.75) is 12.3 Å². The number of nitriles is 1. The molecule has 5 nitrogen and oxygen atoms in total. The summed E-state index contributed by atoms with van der Waals surface area (Å²) in [6, 6.07) is 8.87. The third-order valence-electron chi connectivity index (χ3n) is 3.24. The van der Waals surface area contributed by atoms with Crippen LogP contribution in [0.2, 0.25) is 0 Å². The first-order valence-corrected chi connectivity index (χ1v) is 7.19. The number of rotatable bonds is 5. The molecule has 0 fully saturated rings. The molecule has 26 heavy (non-hydrogen) atoms. The molecular formula is C17H12F4N2O3. The Morgan fingerprint density at radius 2 is 1.88 bits per heavy atom. The summed E-state index contributed by atoms with van der Waals surface area (Å²) in [5.41, 5.74) is -2.02. The van der Waals surface area contributed by atoms with Gasteiger partial charge in [-0.15, -0.1) is 0 Å². The van der Waals surface area contributed by atoms with Gasteiger partial charge in [0.05, 0.1) is 17.2 Å². The molecule has 9 heteroatoms. The first kappa shape index (κ1) is 19.2. The summed E-state index contributed by atoms with van der Waals surface area (Å²) in [5.74, 6) is -1.28. The predicted octanol–water partition coefficient (Wildman–Crippen LogP) is 3.09. The quantitative estimate of drug-likeness (QED) is 0.795. The van der Waals surface area contributed by atoms with Crippen LogP contribution in [0.15, 0.2) is 42.5 Å². The fourth-order valence-electron chi connectivity index (χ4n) is 1.96. The molecule has 0 aliphatic rings. The van der Waals surface area contributed by atoms with Gasteiger partial charge >= 0.3 is 6.18 Å². The Hall–Kier alpha value is -3.12. The molecule has 0 aliphatic heterocycles. The molecule has 2 aromatic rings. The van der Waals surface area contributed by atoms with Crippen LogP contribution in [0.3, 0.4) is 0 Å². The Morgan fingerprint density at radius 1 is 1.23 bits per heavy atom. The van der Waals surface area contributed by atoms with E-state index in [-0.39, 0.29) is 11.4 Å². The number of alkyl halides is 3. The lowest BCUT2D eigenvalue weighted by atomic mass is 10.1. The summed E-state index contributed by atoms with van der Waals surface area (Å²) >= 11 is 0. The molecule has 0 saturated carbocycles. The lowest BCUT2D eigenvalue weighted by molar-refractivity contribution is -0.137. The van der Waals surface area contributed by atoms with Crippen LogP contribution >= 0.6 is 0 Å². The first-order chi connectivity index (χ1) is 12.2. The average molecular weight is 368 g/mol. The molecule has 1 amide bonds. The number of ether oxygens (including phenoxy) is 1. The summed E-state index contributed by atoms with van der Waals surface area (Å²) in [6.45, 7) is -0.486. The van der Waals surface area contributed by atoms with E-state index in [2.05, 4.69) is 5.32 Å². The van der Waals surface area contributed by atoms with Crippen molar-refractivity contribution >= 4 is 11.6 Å². The number of aliphatic hydroxyl groups is 1. The van der Waals surface area contributed by atoms with Crippen LogP contribution in [-0.4, -0.2) is 23.7 Å². The van der Waals surface area contributed by atoms with Crippen LogP contribution < -0.4 is 10.1 Å². The van der Waals surface area contributed by atoms with Crippen LogP contribution in [0.5, 0.6) is 5.75 Å². The zero-order chi connectivity index (χ0) is 19.3. The van der Waals surface area contributed by atoms with Gasteiger partial charge in [-0.2, -0.15) is 18.4 Å². The summed E-state index contributed by atoms with van der Waals surface area (Å²) < 4.78 is 56.5. The number of benzene rings is 2. The molecule has 2 N–H and O–H groups in total. The van der Waals surface area contributed by atoms with E-state index < -0.39 is 41.7 Å². The van der Waals surface area contributed by atoms with Crippen LogP contribution in [0.4, 0.5) is 23.2 Å². The zero-order valence-electron chi connectivity index (χ0n) is 13.0. The van der Waals surface area contributed by atoms with Crippen LogP contribution in [0, 0.1) is 17.1 Å². The molecule has 0 spiro atoms.